The summed E-state index contributed by atoms with van der Waals surface area (Å²) in [5.74, 6) is -0.780. The van der Waals surface area contributed by atoms with Crippen LogP contribution in [-0.2, 0) is 4.79 Å². The molecule has 0 aliphatic carbocycles. The Kier molecular flexibility index (Phi) is 3.21. The number of hydrogen-bond acceptors (Lipinski definition) is 4. The van der Waals surface area contributed by atoms with Crippen molar-refractivity contribution in [3.05, 3.63) is 35.6 Å². The summed E-state index contributed by atoms with van der Waals surface area (Å²) in [4.78, 5) is 37.9. The molecule has 2 saturated heterocycles. The van der Waals surface area contributed by atoms with Gasteiger partial charge < -0.3 is 4.90 Å². The largest absolute Gasteiger partial charge is 0.334 e. The number of amides is 3. The molecule has 0 aromatic heterocycles. The fraction of sp³-hybridized carbons (Fsp3) is 0.308. The molecule has 0 saturated carbocycles. The van der Waals surface area contributed by atoms with Gasteiger partial charge in [0, 0.05) is 18.7 Å². The molecule has 3 rings (SSSR count). The lowest BCUT2D eigenvalue weighted by Crippen LogP contribution is -2.62. The standard InChI is InChI=1S/C13H11FN2O3S/c14-9-3-1-2-8(4-9)12(18)15-5-10(6-15)16-11(17)7-20-13(16)19/h1-4,10H,5-7H2. The number of rotatable bonds is 2. The van der Waals surface area contributed by atoms with Crippen LogP contribution in [0.2, 0.25) is 0 Å². The number of hydrogen-bond donors (Lipinski definition) is 0. The number of carbonyl (C=O) groups excluding carboxylic acids is 3. The van der Waals surface area contributed by atoms with Crippen LogP contribution in [0.25, 0.3) is 0 Å². The predicted octanol–water partition coefficient (Wildman–Crippen LogP) is 1.35. The molecule has 0 radical (unpaired) electrons. The highest BCUT2D eigenvalue weighted by atomic mass is 32.2. The third kappa shape index (κ3) is 2.18. The van der Waals surface area contributed by atoms with E-state index in [0.717, 1.165) is 11.8 Å². The van der Waals surface area contributed by atoms with E-state index in [-0.39, 0.29) is 34.4 Å². The molecule has 3 amide bonds. The lowest BCUT2D eigenvalue weighted by atomic mass is 10.1. The monoisotopic (exact) mass is 294 g/mol. The second-order valence-electron chi connectivity index (χ2n) is 4.69. The van der Waals surface area contributed by atoms with Crippen molar-refractivity contribution >= 4 is 28.8 Å². The van der Waals surface area contributed by atoms with Gasteiger partial charge in [-0.25, -0.2) is 4.39 Å². The predicted molar refractivity (Wildman–Crippen MR) is 70.8 cm³/mol. The minimum atomic E-state index is -0.464. The van der Waals surface area contributed by atoms with Crippen molar-refractivity contribution in [2.45, 2.75) is 6.04 Å². The van der Waals surface area contributed by atoms with Crippen molar-refractivity contribution in [2.24, 2.45) is 0 Å². The molecule has 2 aliphatic rings. The number of nitrogens with zero attached hydrogens (tertiary/aromatic N) is 2. The fourth-order valence-electron chi connectivity index (χ4n) is 2.31. The van der Waals surface area contributed by atoms with Gasteiger partial charge in [-0.05, 0) is 18.2 Å². The second kappa shape index (κ2) is 4.90. The van der Waals surface area contributed by atoms with E-state index in [0.29, 0.717) is 13.1 Å². The molecule has 2 aliphatic heterocycles. The van der Waals surface area contributed by atoms with E-state index < -0.39 is 5.82 Å². The average molecular weight is 294 g/mol. The van der Waals surface area contributed by atoms with Crippen LogP contribution < -0.4 is 0 Å². The number of thioether (sulfide) groups is 1. The van der Waals surface area contributed by atoms with Crippen LogP contribution >= 0.6 is 11.8 Å². The van der Waals surface area contributed by atoms with Gasteiger partial charge in [0.1, 0.15) is 5.82 Å². The van der Waals surface area contributed by atoms with Crippen molar-refractivity contribution < 1.29 is 18.8 Å². The van der Waals surface area contributed by atoms with Gasteiger partial charge in [-0.15, -0.1) is 0 Å². The Bertz CT molecular complexity index is 585. The Morgan fingerprint density at radius 2 is 2.05 bits per heavy atom. The maximum atomic E-state index is 13.1. The lowest BCUT2D eigenvalue weighted by molar-refractivity contribution is -0.128. The molecule has 0 atom stereocenters. The Balaban J connectivity index is 1.64. The minimum Gasteiger partial charge on any atom is -0.334 e. The normalized spacial score (nSPS) is 19.4. The number of carbonyl (C=O) groups is 3. The molecule has 0 unspecified atom stereocenters. The molecule has 1 aromatic rings. The Morgan fingerprint density at radius 3 is 2.65 bits per heavy atom. The van der Waals surface area contributed by atoms with Gasteiger partial charge >= 0.3 is 0 Å². The Labute approximate surface area is 118 Å². The molecule has 1 aromatic carbocycles. The topological polar surface area (TPSA) is 57.7 Å². The van der Waals surface area contributed by atoms with Gasteiger partial charge in [0.05, 0.1) is 11.8 Å². The second-order valence-corrected chi connectivity index (χ2v) is 5.62. The zero-order valence-electron chi connectivity index (χ0n) is 10.4. The van der Waals surface area contributed by atoms with E-state index in [4.69, 9.17) is 0 Å². The summed E-state index contributed by atoms with van der Waals surface area (Å²) in [7, 11) is 0. The average Bonchev–Trinajstić information content (AvgIpc) is 2.69. The summed E-state index contributed by atoms with van der Waals surface area (Å²) >= 11 is 0.983. The molecule has 5 nitrogen and oxygen atoms in total. The quantitative estimate of drug-likeness (QED) is 0.826. The van der Waals surface area contributed by atoms with E-state index >= 15 is 0 Å². The first kappa shape index (κ1) is 13.1. The van der Waals surface area contributed by atoms with Gasteiger partial charge in [-0.2, -0.15) is 0 Å². The van der Waals surface area contributed by atoms with Crippen molar-refractivity contribution in [3.63, 3.8) is 0 Å². The molecule has 2 heterocycles. The van der Waals surface area contributed by atoms with Gasteiger partial charge in [0.2, 0.25) is 5.91 Å². The fourth-order valence-corrected chi connectivity index (χ4v) is 3.08. The van der Waals surface area contributed by atoms with Crippen LogP contribution in [0.1, 0.15) is 10.4 Å². The lowest BCUT2D eigenvalue weighted by Gasteiger charge is -2.42. The van der Waals surface area contributed by atoms with E-state index in [2.05, 4.69) is 0 Å². The van der Waals surface area contributed by atoms with Crippen molar-refractivity contribution in [2.75, 3.05) is 18.8 Å². The minimum absolute atomic E-state index is 0.174. The van der Waals surface area contributed by atoms with Gasteiger partial charge in [0.15, 0.2) is 0 Å². The zero-order valence-corrected chi connectivity index (χ0v) is 11.2. The van der Waals surface area contributed by atoms with E-state index in [1.165, 1.54) is 28.0 Å². The van der Waals surface area contributed by atoms with Gasteiger partial charge in [-0.3, -0.25) is 19.3 Å². The number of benzene rings is 1. The van der Waals surface area contributed by atoms with Gasteiger partial charge in [0.25, 0.3) is 11.1 Å². The molecule has 2 fully saturated rings. The molecule has 0 bridgehead atoms. The van der Waals surface area contributed by atoms with Crippen LogP contribution in [0.15, 0.2) is 24.3 Å². The molecular formula is C13H11FN2O3S. The number of imide groups is 1. The first-order valence-electron chi connectivity index (χ1n) is 6.10. The highest BCUT2D eigenvalue weighted by Gasteiger charge is 2.43. The highest BCUT2D eigenvalue weighted by molar-refractivity contribution is 8.14. The maximum Gasteiger partial charge on any atom is 0.289 e. The van der Waals surface area contributed by atoms with Crippen LogP contribution in [-0.4, -0.2) is 51.7 Å². The molecule has 20 heavy (non-hydrogen) atoms. The molecular weight excluding hydrogens is 283 g/mol. The summed E-state index contributed by atoms with van der Waals surface area (Å²) < 4.78 is 13.1. The summed E-state index contributed by atoms with van der Waals surface area (Å²) in [6, 6.07) is 5.22. The molecule has 104 valence electrons. The SMILES string of the molecule is O=C(c1cccc(F)c1)N1CC(N2C(=O)CSC2=O)C1. The Morgan fingerprint density at radius 1 is 1.30 bits per heavy atom. The number of halogens is 1. The summed E-state index contributed by atoms with van der Waals surface area (Å²) in [5.41, 5.74) is 0.275. The molecule has 0 N–H and O–H groups in total. The highest BCUT2D eigenvalue weighted by Crippen LogP contribution is 2.26. The van der Waals surface area contributed by atoms with Crippen LogP contribution in [0.3, 0.4) is 0 Å². The maximum absolute atomic E-state index is 13.1. The smallest absolute Gasteiger partial charge is 0.289 e. The van der Waals surface area contributed by atoms with E-state index in [1.54, 1.807) is 6.07 Å². The van der Waals surface area contributed by atoms with Crippen molar-refractivity contribution in [3.8, 4) is 0 Å². The van der Waals surface area contributed by atoms with Crippen LogP contribution in [0.5, 0.6) is 0 Å². The van der Waals surface area contributed by atoms with Crippen molar-refractivity contribution in [1.82, 2.24) is 9.80 Å². The van der Waals surface area contributed by atoms with Crippen molar-refractivity contribution in [1.29, 1.82) is 0 Å². The summed E-state index contributed by atoms with van der Waals surface area (Å²) in [6.45, 7) is 0.626. The van der Waals surface area contributed by atoms with Crippen LogP contribution in [0, 0.1) is 5.82 Å². The van der Waals surface area contributed by atoms with Crippen LogP contribution in [0.4, 0.5) is 9.18 Å². The van der Waals surface area contributed by atoms with Gasteiger partial charge in [-0.1, -0.05) is 17.8 Å². The zero-order chi connectivity index (χ0) is 14.3. The number of likely N-dealkylation sites (tertiary alicyclic amines) is 1. The van der Waals surface area contributed by atoms with E-state index in [9.17, 15) is 18.8 Å². The third-order valence-corrected chi connectivity index (χ3v) is 4.21. The molecule has 0 spiro atoms. The summed E-state index contributed by atoms with van der Waals surface area (Å²) in [5, 5.41) is -0.252. The first-order valence-corrected chi connectivity index (χ1v) is 7.08. The Hall–Kier alpha value is -1.89. The first-order chi connectivity index (χ1) is 9.56. The summed E-state index contributed by atoms with van der Waals surface area (Å²) in [6.07, 6.45) is 0. The molecule has 7 heteroatoms. The third-order valence-electron chi connectivity index (χ3n) is 3.37. The van der Waals surface area contributed by atoms with E-state index in [1.807, 2.05) is 0 Å².